The Hall–Kier alpha value is -2.36. The van der Waals surface area contributed by atoms with Crippen LogP contribution < -0.4 is 20.1 Å². The SMILES string of the molecule is CCOc1ccc(NC(=S)Nc2cc(S(=O)(=O)N3CCCCC3)ccc2OC)cc1. The minimum Gasteiger partial charge on any atom is -0.495 e. The molecule has 0 aromatic heterocycles. The molecule has 0 bridgehead atoms. The van der Waals surface area contributed by atoms with Crippen molar-refractivity contribution >= 4 is 38.7 Å². The summed E-state index contributed by atoms with van der Waals surface area (Å²) >= 11 is 5.40. The van der Waals surface area contributed by atoms with E-state index in [9.17, 15) is 8.42 Å². The van der Waals surface area contributed by atoms with Gasteiger partial charge in [0.1, 0.15) is 11.5 Å². The van der Waals surface area contributed by atoms with Crippen molar-refractivity contribution in [3.63, 3.8) is 0 Å². The van der Waals surface area contributed by atoms with Gasteiger partial charge in [0.05, 0.1) is 24.3 Å². The third-order valence-corrected chi connectivity index (χ3v) is 6.89. The summed E-state index contributed by atoms with van der Waals surface area (Å²) in [4.78, 5) is 0.219. The topological polar surface area (TPSA) is 79.9 Å². The van der Waals surface area contributed by atoms with Crippen LogP contribution in [0.2, 0.25) is 0 Å². The average Bonchev–Trinajstić information content (AvgIpc) is 2.76. The molecule has 9 heteroatoms. The molecule has 0 unspecified atom stereocenters. The van der Waals surface area contributed by atoms with E-state index in [1.165, 1.54) is 7.11 Å². The Labute approximate surface area is 183 Å². The van der Waals surface area contributed by atoms with Crippen molar-refractivity contribution in [3.8, 4) is 11.5 Å². The van der Waals surface area contributed by atoms with E-state index < -0.39 is 10.0 Å². The van der Waals surface area contributed by atoms with E-state index >= 15 is 0 Å². The van der Waals surface area contributed by atoms with E-state index in [0.717, 1.165) is 30.7 Å². The summed E-state index contributed by atoms with van der Waals surface area (Å²) in [6.45, 7) is 3.63. The third-order valence-electron chi connectivity index (χ3n) is 4.80. The van der Waals surface area contributed by atoms with Crippen LogP contribution in [-0.4, -0.2) is 44.6 Å². The van der Waals surface area contributed by atoms with Crippen molar-refractivity contribution in [2.45, 2.75) is 31.1 Å². The maximum Gasteiger partial charge on any atom is 0.243 e. The number of nitrogens with one attached hydrogen (secondary N) is 2. The molecule has 162 valence electrons. The summed E-state index contributed by atoms with van der Waals surface area (Å²) in [5, 5.41) is 6.45. The normalized spacial score (nSPS) is 14.7. The molecule has 0 spiro atoms. The smallest absolute Gasteiger partial charge is 0.243 e. The zero-order valence-electron chi connectivity index (χ0n) is 17.2. The molecule has 0 radical (unpaired) electrons. The van der Waals surface area contributed by atoms with E-state index in [-0.39, 0.29) is 4.90 Å². The van der Waals surface area contributed by atoms with Gasteiger partial charge in [-0.15, -0.1) is 0 Å². The van der Waals surface area contributed by atoms with Crippen molar-refractivity contribution in [3.05, 3.63) is 42.5 Å². The molecule has 0 aliphatic carbocycles. The van der Waals surface area contributed by atoms with E-state index in [2.05, 4.69) is 10.6 Å². The van der Waals surface area contributed by atoms with Gasteiger partial charge in [0.15, 0.2) is 5.11 Å². The molecule has 1 fully saturated rings. The van der Waals surface area contributed by atoms with Crippen molar-refractivity contribution in [1.82, 2.24) is 4.31 Å². The molecule has 2 aromatic rings. The lowest BCUT2D eigenvalue weighted by atomic mass is 10.2. The Morgan fingerprint density at radius 1 is 1.07 bits per heavy atom. The molecule has 3 rings (SSSR count). The number of hydrogen-bond acceptors (Lipinski definition) is 5. The second-order valence-corrected chi connectivity index (χ2v) is 9.21. The molecule has 30 heavy (non-hydrogen) atoms. The Morgan fingerprint density at radius 3 is 2.40 bits per heavy atom. The summed E-state index contributed by atoms with van der Waals surface area (Å²) < 4.78 is 38.3. The Balaban J connectivity index is 1.75. The first kappa shape index (κ1) is 22.3. The van der Waals surface area contributed by atoms with Crippen LogP contribution in [0.15, 0.2) is 47.4 Å². The van der Waals surface area contributed by atoms with Gasteiger partial charge >= 0.3 is 0 Å². The summed E-state index contributed by atoms with van der Waals surface area (Å²) in [5.41, 5.74) is 1.27. The maximum atomic E-state index is 13.0. The highest BCUT2D eigenvalue weighted by molar-refractivity contribution is 7.89. The van der Waals surface area contributed by atoms with E-state index in [0.29, 0.717) is 36.2 Å². The molecular weight excluding hydrogens is 422 g/mol. The van der Waals surface area contributed by atoms with Crippen LogP contribution in [-0.2, 0) is 10.0 Å². The van der Waals surface area contributed by atoms with Gasteiger partial charge in [-0.3, -0.25) is 0 Å². The number of anilines is 2. The standard InChI is InChI=1S/C21H27N3O4S2/c1-3-28-17-9-7-16(8-10-17)22-21(29)23-19-15-18(11-12-20(19)27-2)30(25,26)24-13-5-4-6-14-24/h7-12,15H,3-6,13-14H2,1-2H3,(H2,22,23,29). The number of sulfonamides is 1. The van der Waals surface area contributed by atoms with E-state index in [1.54, 1.807) is 22.5 Å². The number of benzene rings is 2. The lowest BCUT2D eigenvalue weighted by Crippen LogP contribution is -2.35. The Kier molecular flexibility index (Phi) is 7.52. The predicted molar refractivity (Wildman–Crippen MR) is 123 cm³/mol. The number of hydrogen-bond donors (Lipinski definition) is 2. The van der Waals surface area contributed by atoms with Crippen LogP contribution in [0, 0.1) is 0 Å². The first-order chi connectivity index (χ1) is 14.4. The van der Waals surface area contributed by atoms with E-state index in [4.69, 9.17) is 21.7 Å². The summed E-state index contributed by atoms with van der Waals surface area (Å²) in [5.74, 6) is 1.28. The first-order valence-corrected chi connectivity index (χ1v) is 11.8. The van der Waals surface area contributed by atoms with Crippen LogP contribution >= 0.6 is 12.2 Å². The quantitative estimate of drug-likeness (QED) is 0.617. The van der Waals surface area contributed by atoms with Gasteiger partial charge in [-0.05, 0) is 74.4 Å². The zero-order chi connectivity index (χ0) is 21.6. The monoisotopic (exact) mass is 449 g/mol. The molecule has 1 heterocycles. The zero-order valence-corrected chi connectivity index (χ0v) is 18.8. The molecule has 1 aliphatic rings. The minimum absolute atomic E-state index is 0.219. The lowest BCUT2D eigenvalue weighted by Gasteiger charge is -2.26. The molecule has 2 aromatic carbocycles. The molecular formula is C21H27N3O4S2. The first-order valence-electron chi connectivity index (χ1n) is 9.93. The van der Waals surface area contributed by atoms with Crippen LogP contribution in [0.5, 0.6) is 11.5 Å². The van der Waals surface area contributed by atoms with Gasteiger partial charge in [0.25, 0.3) is 0 Å². The summed E-state index contributed by atoms with van der Waals surface area (Å²) in [6.07, 6.45) is 2.83. The lowest BCUT2D eigenvalue weighted by molar-refractivity contribution is 0.340. The molecule has 0 atom stereocenters. The summed E-state index contributed by atoms with van der Waals surface area (Å²) in [6, 6.07) is 12.2. The number of ether oxygens (including phenoxy) is 2. The van der Waals surface area contributed by atoms with Gasteiger partial charge in [-0.1, -0.05) is 6.42 Å². The van der Waals surface area contributed by atoms with Crippen molar-refractivity contribution in [1.29, 1.82) is 0 Å². The van der Waals surface area contributed by atoms with Gasteiger partial charge in [-0.2, -0.15) is 4.31 Å². The fourth-order valence-corrected chi connectivity index (χ4v) is 5.06. The predicted octanol–water partition coefficient (Wildman–Crippen LogP) is 4.08. The highest BCUT2D eigenvalue weighted by Gasteiger charge is 2.26. The van der Waals surface area contributed by atoms with Crippen molar-refractivity contribution in [2.24, 2.45) is 0 Å². The fourth-order valence-electron chi connectivity index (χ4n) is 3.29. The van der Waals surface area contributed by atoms with Crippen LogP contribution in [0.3, 0.4) is 0 Å². The fraction of sp³-hybridized carbons (Fsp3) is 0.381. The molecule has 0 saturated carbocycles. The number of nitrogens with zero attached hydrogens (tertiary/aromatic N) is 1. The Morgan fingerprint density at radius 2 is 1.77 bits per heavy atom. The maximum absolute atomic E-state index is 13.0. The largest absolute Gasteiger partial charge is 0.495 e. The van der Waals surface area contributed by atoms with Gasteiger partial charge in [0.2, 0.25) is 10.0 Å². The number of piperidine rings is 1. The number of rotatable bonds is 7. The van der Waals surface area contributed by atoms with Crippen molar-refractivity contribution in [2.75, 3.05) is 37.4 Å². The molecule has 0 amide bonds. The van der Waals surface area contributed by atoms with Crippen molar-refractivity contribution < 1.29 is 17.9 Å². The second-order valence-electron chi connectivity index (χ2n) is 6.86. The third kappa shape index (κ3) is 5.41. The molecule has 7 nitrogen and oxygen atoms in total. The number of thiocarbonyl (C=S) groups is 1. The second kappa shape index (κ2) is 10.1. The Bertz CT molecular complexity index is 972. The average molecular weight is 450 g/mol. The van der Waals surface area contributed by atoms with Gasteiger partial charge in [-0.25, -0.2) is 8.42 Å². The molecule has 1 saturated heterocycles. The van der Waals surface area contributed by atoms with Gasteiger partial charge in [0, 0.05) is 18.8 Å². The molecule has 2 N–H and O–H groups in total. The number of methoxy groups -OCH3 is 1. The summed E-state index contributed by atoms with van der Waals surface area (Å²) in [7, 11) is -2.02. The van der Waals surface area contributed by atoms with Crippen LogP contribution in [0.4, 0.5) is 11.4 Å². The van der Waals surface area contributed by atoms with Gasteiger partial charge < -0.3 is 20.1 Å². The minimum atomic E-state index is -3.55. The van der Waals surface area contributed by atoms with Crippen LogP contribution in [0.1, 0.15) is 26.2 Å². The van der Waals surface area contributed by atoms with E-state index in [1.807, 2.05) is 31.2 Å². The van der Waals surface area contributed by atoms with Crippen LogP contribution in [0.25, 0.3) is 0 Å². The highest BCUT2D eigenvalue weighted by atomic mass is 32.2. The highest BCUT2D eigenvalue weighted by Crippen LogP contribution is 2.30. The molecule has 1 aliphatic heterocycles.